The van der Waals surface area contributed by atoms with E-state index in [1.54, 1.807) is 30.3 Å². The second-order valence-electron chi connectivity index (χ2n) is 13.5. The molecule has 0 unspecified atom stereocenters. The van der Waals surface area contributed by atoms with E-state index in [0.29, 0.717) is 33.8 Å². The first kappa shape index (κ1) is 32.8. The number of oxazole rings is 1. The smallest absolute Gasteiger partial charge is 0.258 e. The van der Waals surface area contributed by atoms with Crippen LogP contribution in [0.3, 0.4) is 0 Å². The van der Waals surface area contributed by atoms with Gasteiger partial charge in [-0.1, -0.05) is 35.4 Å². The molecule has 0 radical (unpaired) electrons. The predicted octanol–water partition coefficient (Wildman–Crippen LogP) is 7.76. The van der Waals surface area contributed by atoms with Crippen molar-refractivity contribution in [3.8, 4) is 17.2 Å². The van der Waals surface area contributed by atoms with Crippen molar-refractivity contribution in [2.24, 2.45) is 17.8 Å². The van der Waals surface area contributed by atoms with Gasteiger partial charge < -0.3 is 9.52 Å². The fraction of sp³-hybridized carbons (Fsp3) is 0.205. The number of carbonyl (C=O) groups excluding carboxylic acids is 4. The number of hydrogen-bond donors (Lipinski definition) is 1. The normalized spacial score (nSPS) is 28.3. The van der Waals surface area contributed by atoms with Crippen LogP contribution < -0.4 is 9.80 Å². The van der Waals surface area contributed by atoms with Crippen molar-refractivity contribution in [1.82, 2.24) is 4.98 Å². The van der Waals surface area contributed by atoms with E-state index in [4.69, 9.17) is 39.2 Å². The second kappa shape index (κ2) is 11.5. The molecular weight excluding hydrogens is 732 g/mol. The van der Waals surface area contributed by atoms with Gasteiger partial charge in [-0.25, -0.2) is 14.3 Å². The van der Waals surface area contributed by atoms with Crippen LogP contribution in [-0.4, -0.2) is 43.5 Å². The van der Waals surface area contributed by atoms with Crippen LogP contribution in [0.5, 0.6) is 5.75 Å². The summed E-state index contributed by atoms with van der Waals surface area (Å²) in [6, 6.07) is 23.1. The zero-order valence-corrected chi connectivity index (χ0v) is 29.1. The minimum absolute atomic E-state index is 0.0503. The summed E-state index contributed by atoms with van der Waals surface area (Å²) >= 11 is 21.2. The summed E-state index contributed by atoms with van der Waals surface area (Å²) in [5.74, 6) is -6.95. The van der Waals surface area contributed by atoms with Crippen LogP contribution in [0.15, 0.2) is 107 Å². The maximum absolute atomic E-state index is 14.5. The molecule has 4 aromatic carbocycles. The fourth-order valence-corrected chi connectivity index (χ4v) is 9.61. The monoisotopic (exact) mass is 755 g/mol. The molecule has 5 aromatic rings. The third-order valence-corrected chi connectivity index (χ3v) is 12.5. The largest absolute Gasteiger partial charge is 0.508 e. The molecule has 6 atom stereocenters. The Hall–Kier alpha value is -5.03. The van der Waals surface area contributed by atoms with Crippen LogP contribution >= 0.6 is 34.8 Å². The molecule has 3 heterocycles. The Bertz CT molecular complexity index is 2380. The number of anilines is 2. The Labute approximate surface area is 310 Å². The van der Waals surface area contributed by atoms with Crippen LogP contribution in [0.4, 0.5) is 15.8 Å². The first-order valence-electron chi connectivity index (χ1n) is 16.5. The highest BCUT2D eigenvalue weighted by Crippen LogP contribution is 2.66. The molecule has 9 nitrogen and oxygen atoms in total. The molecule has 0 bridgehead atoms. The van der Waals surface area contributed by atoms with Gasteiger partial charge in [0.25, 0.3) is 11.8 Å². The van der Waals surface area contributed by atoms with Crippen molar-refractivity contribution in [2.45, 2.75) is 28.5 Å². The number of aromatic nitrogens is 1. The minimum atomic E-state index is -2.21. The van der Waals surface area contributed by atoms with Gasteiger partial charge in [0.05, 0.1) is 23.2 Å². The van der Waals surface area contributed by atoms with Crippen molar-refractivity contribution in [3.63, 3.8) is 0 Å². The standard InChI is InChI=1S/C39H25Cl3FN3O6/c40-20-7-16-29(47)26(17-20)32-24-14-15-25-31(27(24)18-38(41)36(50)46(37(51)39(32,38)42)23-12-8-21(43)9-13-23)35(49)45(34(25)48)22-10-5-19(6-11-22)33-44-28-3-1-2-4-30(28)52-33/h1-14,16-17,25,27,31-32,47H,15,18H2/t25-,27+,31-,32+,38+,39-/m0/s1. The van der Waals surface area contributed by atoms with Gasteiger partial charge in [-0.15, -0.1) is 23.2 Å². The number of allylic oxidation sites excluding steroid dienone is 2. The van der Waals surface area contributed by atoms with Crippen molar-refractivity contribution in [3.05, 3.63) is 119 Å². The first-order chi connectivity index (χ1) is 24.9. The van der Waals surface area contributed by atoms with Gasteiger partial charge in [0.2, 0.25) is 17.7 Å². The Morgan fingerprint density at radius 2 is 1.52 bits per heavy atom. The lowest BCUT2D eigenvalue weighted by Crippen LogP contribution is -2.60. The first-order valence-corrected chi connectivity index (χ1v) is 17.6. The highest BCUT2D eigenvalue weighted by molar-refractivity contribution is 6.58. The molecule has 2 saturated heterocycles. The number of rotatable bonds is 4. The second-order valence-corrected chi connectivity index (χ2v) is 15.2. The summed E-state index contributed by atoms with van der Waals surface area (Å²) in [4.78, 5) is 59.6. The number of para-hydroxylation sites is 2. The molecule has 1 saturated carbocycles. The number of carbonyl (C=O) groups is 4. The summed E-state index contributed by atoms with van der Waals surface area (Å²) in [7, 11) is 0. The molecular formula is C39H25Cl3FN3O6. The average Bonchev–Trinajstić information content (AvgIpc) is 3.73. The molecule has 52 heavy (non-hydrogen) atoms. The van der Waals surface area contributed by atoms with Crippen LogP contribution in [0.25, 0.3) is 22.6 Å². The van der Waals surface area contributed by atoms with E-state index in [2.05, 4.69) is 4.98 Å². The highest BCUT2D eigenvalue weighted by Gasteiger charge is 2.77. The van der Waals surface area contributed by atoms with E-state index in [9.17, 15) is 28.7 Å². The van der Waals surface area contributed by atoms with Gasteiger partial charge in [0.15, 0.2) is 15.3 Å². The Kier molecular flexibility index (Phi) is 7.26. The number of aromatic hydroxyl groups is 1. The van der Waals surface area contributed by atoms with E-state index in [0.717, 1.165) is 21.9 Å². The van der Waals surface area contributed by atoms with E-state index < -0.39 is 62.9 Å². The molecule has 2 aliphatic carbocycles. The fourth-order valence-electron chi connectivity index (χ4n) is 8.50. The Morgan fingerprint density at radius 3 is 2.25 bits per heavy atom. The Morgan fingerprint density at radius 1 is 0.827 bits per heavy atom. The van der Waals surface area contributed by atoms with Crippen LogP contribution in [0, 0.1) is 23.6 Å². The van der Waals surface area contributed by atoms with Gasteiger partial charge in [-0.05, 0) is 97.6 Å². The molecule has 0 spiro atoms. The van der Waals surface area contributed by atoms with E-state index in [-0.39, 0.29) is 34.9 Å². The lowest BCUT2D eigenvalue weighted by molar-refractivity contribution is -0.125. The van der Waals surface area contributed by atoms with Crippen molar-refractivity contribution in [2.75, 3.05) is 9.80 Å². The van der Waals surface area contributed by atoms with Crippen LogP contribution in [0.2, 0.25) is 5.02 Å². The number of halogens is 4. The van der Waals surface area contributed by atoms with Crippen molar-refractivity contribution < 1.29 is 33.1 Å². The zero-order chi connectivity index (χ0) is 36.3. The SMILES string of the molecule is O=C1[C@H]2[C@H](CC=C3[C@H]2C[C@@]2(Cl)C(=O)N(c4ccc(F)cc4)C(=O)[C@@]2(Cl)[C@H]3c2cc(Cl)ccc2O)C(=O)N1c1ccc(-c2nc3ccccc3o2)cc1. The van der Waals surface area contributed by atoms with E-state index in [1.165, 1.54) is 30.3 Å². The number of fused-ring (bicyclic) bond motifs is 5. The van der Waals surface area contributed by atoms with Crippen molar-refractivity contribution in [1.29, 1.82) is 0 Å². The summed E-state index contributed by atoms with van der Waals surface area (Å²) in [5, 5.41) is 11.4. The number of amides is 4. The third kappa shape index (κ3) is 4.44. The van der Waals surface area contributed by atoms with Gasteiger partial charge >= 0.3 is 0 Å². The van der Waals surface area contributed by atoms with Gasteiger partial charge in [0.1, 0.15) is 17.1 Å². The lowest BCUT2D eigenvalue weighted by Gasteiger charge is -2.50. The lowest BCUT2D eigenvalue weighted by atomic mass is 9.56. The number of nitrogens with zero attached hydrogens (tertiary/aromatic N) is 3. The number of imide groups is 2. The number of alkyl halides is 2. The predicted molar refractivity (Wildman–Crippen MR) is 192 cm³/mol. The molecule has 9 rings (SSSR count). The summed E-state index contributed by atoms with van der Waals surface area (Å²) in [6.45, 7) is 0. The van der Waals surface area contributed by atoms with E-state index in [1.807, 2.05) is 24.3 Å². The zero-order valence-electron chi connectivity index (χ0n) is 26.8. The van der Waals surface area contributed by atoms with Crippen molar-refractivity contribution >= 4 is 80.9 Å². The van der Waals surface area contributed by atoms with Gasteiger partial charge in [-0.3, -0.25) is 24.1 Å². The molecule has 4 aliphatic rings. The maximum atomic E-state index is 14.5. The molecule has 1 aromatic heterocycles. The molecule has 260 valence electrons. The highest BCUT2D eigenvalue weighted by atomic mass is 35.5. The number of phenolic OH excluding ortho intramolecular Hbond substituents is 1. The molecule has 13 heteroatoms. The van der Waals surface area contributed by atoms with E-state index >= 15 is 0 Å². The molecule has 3 fully saturated rings. The van der Waals surface area contributed by atoms with Crippen LogP contribution in [0.1, 0.15) is 24.3 Å². The number of phenols is 1. The molecule has 4 amide bonds. The van der Waals surface area contributed by atoms with Gasteiger partial charge in [0, 0.05) is 22.1 Å². The van der Waals surface area contributed by atoms with Crippen LogP contribution in [-0.2, 0) is 19.2 Å². The summed E-state index contributed by atoms with van der Waals surface area (Å²) < 4.78 is 19.8. The molecule has 2 aliphatic heterocycles. The molecule has 1 N–H and O–H groups in total. The topological polar surface area (TPSA) is 121 Å². The minimum Gasteiger partial charge on any atom is -0.508 e. The number of hydrogen-bond acceptors (Lipinski definition) is 7. The number of benzene rings is 4. The quantitative estimate of drug-likeness (QED) is 0.113. The maximum Gasteiger partial charge on any atom is 0.258 e. The average molecular weight is 757 g/mol. The Balaban J connectivity index is 1.12. The third-order valence-electron chi connectivity index (χ3n) is 10.9. The summed E-state index contributed by atoms with van der Waals surface area (Å²) in [6.07, 6.45) is 1.62. The summed E-state index contributed by atoms with van der Waals surface area (Å²) in [5.41, 5.74) is 2.97. The van der Waals surface area contributed by atoms with Gasteiger partial charge in [-0.2, -0.15) is 0 Å².